The van der Waals surface area contributed by atoms with Crippen molar-refractivity contribution in [3.63, 3.8) is 0 Å². The number of carbonyl (C=O) groups is 1. The van der Waals surface area contributed by atoms with Gasteiger partial charge in [-0.15, -0.1) is 0 Å². The topological polar surface area (TPSA) is 53.4 Å². The van der Waals surface area contributed by atoms with Gasteiger partial charge in [0.2, 0.25) is 0 Å². The number of rotatable bonds is 5. The number of fused-ring (bicyclic) bond motifs is 1. The number of nitrogens with zero attached hydrogens (tertiary/aromatic N) is 4. The highest BCUT2D eigenvalue weighted by Gasteiger charge is 2.21. The van der Waals surface area contributed by atoms with Gasteiger partial charge in [0.15, 0.2) is 0 Å². The fraction of sp³-hybridized carbons (Fsp3) is 0.364. The van der Waals surface area contributed by atoms with Gasteiger partial charge >= 0.3 is 6.03 Å². The molecule has 3 heterocycles. The number of benzene rings is 1. The summed E-state index contributed by atoms with van der Waals surface area (Å²) in [5.41, 5.74) is 3.55. The number of urea groups is 1. The maximum atomic E-state index is 12.5. The molecule has 4 rings (SSSR count). The first-order valence-corrected chi connectivity index (χ1v) is 9.90. The molecule has 28 heavy (non-hydrogen) atoms. The number of aryl methyl sites for hydroxylation is 1. The van der Waals surface area contributed by atoms with Gasteiger partial charge in [-0.05, 0) is 36.1 Å². The highest BCUT2D eigenvalue weighted by atomic mass is 16.2. The Morgan fingerprint density at radius 2 is 1.89 bits per heavy atom. The minimum absolute atomic E-state index is 0.0325. The van der Waals surface area contributed by atoms with Crippen LogP contribution in [-0.4, -0.2) is 58.1 Å². The van der Waals surface area contributed by atoms with Crippen LogP contribution in [-0.2, 0) is 13.1 Å². The van der Waals surface area contributed by atoms with E-state index >= 15 is 0 Å². The van der Waals surface area contributed by atoms with E-state index in [-0.39, 0.29) is 6.03 Å². The fourth-order valence-electron chi connectivity index (χ4n) is 3.74. The molecule has 1 N–H and O–H groups in total. The van der Waals surface area contributed by atoms with Crippen LogP contribution in [0.1, 0.15) is 11.3 Å². The Labute approximate surface area is 165 Å². The van der Waals surface area contributed by atoms with E-state index in [4.69, 9.17) is 0 Å². The molecule has 0 unspecified atom stereocenters. The summed E-state index contributed by atoms with van der Waals surface area (Å²) in [6.45, 7) is 7.62. The highest BCUT2D eigenvalue weighted by Crippen LogP contribution is 2.14. The minimum Gasteiger partial charge on any atom is -0.346 e. The number of hydrogen-bond donors (Lipinski definition) is 1. The zero-order valence-corrected chi connectivity index (χ0v) is 16.3. The molecule has 0 bridgehead atoms. The molecule has 2 amide bonds. The Kier molecular flexibility index (Phi) is 5.58. The third-order valence-corrected chi connectivity index (χ3v) is 5.46. The van der Waals surface area contributed by atoms with Crippen LogP contribution in [0.4, 0.5) is 4.79 Å². The Balaban J connectivity index is 1.22. The van der Waals surface area contributed by atoms with Gasteiger partial charge in [-0.2, -0.15) is 0 Å². The highest BCUT2D eigenvalue weighted by molar-refractivity contribution is 5.80. The van der Waals surface area contributed by atoms with E-state index in [2.05, 4.69) is 57.2 Å². The molecule has 6 heteroatoms. The van der Waals surface area contributed by atoms with Crippen molar-refractivity contribution >= 4 is 16.9 Å². The molecule has 146 valence electrons. The lowest BCUT2D eigenvalue weighted by molar-refractivity contribution is 0.134. The standard InChI is InChI=1S/C22H27N5O/c1-18-5-4-9-23-20(18)17-25-13-15-27(16-14-25)22(28)24-10-12-26-11-8-19-6-2-3-7-21(19)26/h2-9,11H,10,12-17H2,1H3,(H,24,28). The van der Waals surface area contributed by atoms with E-state index in [1.54, 1.807) is 0 Å². The molecule has 0 saturated carbocycles. The summed E-state index contributed by atoms with van der Waals surface area (Å²) in [5, 5.41) is 4.29. The number of carbonyl (C=O) groups excluding carboxylic acids is 1. The van der Waals surface area contributed by atoms with E-state index < -0.39 is 0 Å². The van der Waals surface area contributed by atoms with E-state index in [0.717, 1.165) is 45.0 Å². The van der Waals surface area contributed by atoms with Crippen molar-refractivity contribution in [3.8, 4) is 0 Å². The van der Waals surface area contributed by atoms with Crippen LogP contribution >= 0.6 is 0 Å². The predicted molar refractivity (Wildman–Crippen MR) is 111 cm³/mol. The van der Waals surface area contributed by atoms with Gasteiger partial charge in [0.1, 0.15) is 0 Å². The number of pyridine rings is 1. The summed E-state index contributed by atoms with van der Waals surface area (Å²) in [5.74, 6) is 0. The average Bonchev–Trinajstić information content (AvgIpc) is 3.13. The second kappa shape index (κ2) is 8.44. The average molecular weight is 377 g/mol. The molecular weight excluding hydrogens is 350 g/mol. The van der Waals surface area contributed by atoms with Gasteiger partial charge < -0.3 is 14.8 Å². The van der Waals surface area contributed by atoms with Crippen LogP contribution in [0.25, 0.3) is 10.9 Å². The quantitative estimate of drug-likeness (QED) is 0.744. The van der Waals surface area contributed by atoms with E-state index in [9.17, 15) is 4.79 Å². The number of aromatic nitrogens is 2. The fourth-order valence-corrected chi connectivity index (χ4v) is 3.74. The molecule has 0 aliphatic carbocycles. The molecule has 2 aromatic heterocycles. The van der Waals surface area contributed by atoms with Gasteiger partial charge in [-0.25, -0.2) is 4.79 Å². The Bertz CT molecular complexity index is 943. The maximum absolute atomic E-state index is 12.5. The predicted octanol–water partition coefficient (Wildman–Crippen LogP) is 2.87. The smallest absolute Gasteiger partial charge is 0.317 e. The molecule has 1 fully saturated rings. The first-order valence-electron chi connectivity index (χ1n) is 9.90. The lowest BCUT2D eigenvalue weighted by Crippen LogP contribution is -2.51. The Hall–Kier alpha value is -2.86. The van der Waals surface area contributed by atoms with Crippen LogP contribution in [0.3, 0.4) is 0 Å². The normalized spacial score (nSPS) is 15.1. The largest absolute Gasteiger partial charge is 0.346 e. The number of piperazine rings is 1. The summed E-state index contributed by atoms with van der Waals surface area (Å²) >= 11 is 0. The van der Waals surface area contributed by atoms with Crippen LogP contribution in [0.5, 0.6) is 0 Å². The molecule has 1 aromatic carbocycles. The van der Waals surface area contributed by atoms with Crippen LogP contribution in [0, 0.1) is 6.92 Å². The van der Waals surface area contributed by atoms with Gasteiger partial charge in [0.25, 0.3) is 0 Å². The van der Waals surface area contributed by atoms with Gasteiger partial charge in [-0.3, -0.25) is 9.88 Å². The molecule has 1 saturated heterocycles. The number of para-hydroxylation sites is 1. The Morgan fingerprint density at radius 1 is 1.07 bits per heavy atom. The zero-order valence-electron chi connectivity index (χ0n) is 16.3. The molecule has 0 spiro atoms. The minimum atomic E-state index is 0.0325. The summed E-state index contributed by atoms with van der Waals surface area (Å²) in [6.07, 6.45) is 3.93. The lowest BCUT2D eigenvalue weighted by atomic mass is 10.2. The van der Waals surface area contributed by atoms with Gasteiger partial charge in [0.05, 0.1) is 5.69 Å². The summed E-state index contributed by atoms with van der Waals surface area (Å²) in [7, 11) is 0. The molecule has 1 aliphatic rings. The molecule has 0 atom stereocenters. The van der Waals surface area contributed by atoms with E-state index in [1.165, 1.54) is 16.5 Å². The second-order valence-corrected chi connectivity index (χ2v) is 7.33. The summed E-state index contributed by atoms with van der Waals surface area (Å²) < 4.78 is 2.18. The Morgan fingerprint density at radius 3 is 2.71 bits per heavy atom. The number of amides is 2. The summed E-state index contributed by atoms with van der Waals surface area (Å²) in [6, 6.07) is 14.5. The van der Waals surface area contributed by atoms with Crippen LogP contribution in [0.2, 0.25) is 0 Å². The zero-order chi connectivity index (χ0) is 19.3. The van der Waals surface area contributed by atoms with Crippen molar-refractivity contribution < 1.29 is 4.79 Å². The van der Waals surface area contributed by atoms with E-state index in [1.807, 2.05) is 29.3 Å². The molecular formula is C22H27N5O. The molecule has 6 nitrogen and oxygen atoms in total. The maximum Gasteiger partial charge on any atom is 0.317 e. The number of hydrogen-bond acceptors (Lipinski definition) is 3. The monoisotopic (exact) mass is 377 g/mol. The van der Waals surface area contributed by atoms with Gasteiger partial charge in [0, 0.05) is 63.7 Å². The van der Waals surface area contributed by atoms with Crippen molar-refractivity contribution in [2.24, 2.45) is 0 Å². The lowest BCUT2D eigenvalue weighted by Gasteiger charge is -2.34. The van der Waals surface area contributed by atoms with Crippen molar-refractivity contribution in [1.82, 2.24) is 24.7 Å². The van der Waals surface area contributed by atoms with Crippen LogP contribution in [0.15, 0.2) is 54.9 Å². The molecule has 1 aliphatic heterocycles. The van der Waals surface area contributed by atoms with Crippen molar-refractivity contribution in [3.05, 3.63) is 66.1 Å². The summed E-state index contributed by atoms with van der Waals surface area (Å²) in [4.78, 5) is 21.2. The second-order valence-electron chi connectivity index (χ2n) is 7.33. The van der Waals surface area contributed by atoms with Crippen molar-refractivity contribution in [1.29, 1.82) is 0 Å². The molecule has 3 aromatic rings. The van der Waals surface area contributed by atoms with Crippen molar-refractivity contribution in [2.45, 2.75) is 20.0 Å². The first kappa shape index (κ1) is 18.5. The first-order chi connectivity index (χ1) is 13.7. The third kappa shape index (κ3) is 4.17. The van der Waals surface area contributed by atoms with Gasteiger partial charge in [-0.1, -0.05) is 24.3 Å². The third-order valence-electron chi connectivity index (χ3n) is 5.46. The number of nitrogens with one attached hydrogen (secondary N) is 1. The van der Waals surface area contributed by atoms with Crippen molar-refractivity contribution in [2.75, 3.05) is 32.7 Å². The van der Waals surface area contributed by atoms with Crippen LogP contribution < -0.4 is 5.32 Å². The molecule has 0 radical (unpaired) electrons. The SMILES string of the molecule is Cc1cccnc1CN1CCN(C(=O)NCCn2ccc3ccccc32)CC1. The van der Waals surface area contributed by atoms with E-state index in [0.29, 0.717) is 6.54 Å².